The van der Waals surface area contributed by atoms with E-state index in [9.17, 15) is 0 Å². The third-order valence-electron chi connectivity index (χ3n) is 3.81. The van der Waals surface area contributed by atoms with E-state index in [0.29, 0.717) is 12.1 Å². The van der Waals surface area contributed by atoms with Gasteiger partial charge in [-0.25, -0.2) is 0 Å². The molecule has 2 aliphatic heterocycles. The summed E-state index contributed by atoms with van der Waals surface area (Å²) >= 11 is 0. The average molecular weight is 225 g/mol. The number of nitrogens with zero attached hydrogens (tertiary/aromatic N) is 2. The topological polar surface area (TPSA) is 18.5 Å². The molecule has 2 rings (SSSR count). The van der Waals surface area contributed by atoms with E-state index in [4.69, 9.17) is 0 Å². The maximum atomic E-state index is 3.59. The van der Waals surface area contributed by atoms with Crippen molar-refractivity contribution in [2.24, 2.45) is 0 Å². The fraction of sp³-hybridized carbons (Fsp3) is 1.00. The van der Waals surface area contributed by atoms with Crippen molar-refractivity contribution >= 4 is 0 Å². The second-order valence-corrected chi connectivity index (χ2v) is 5.63. The Morgan fingerprint density at radius 2 is 1.44 bits per heavy atom. The molecule has 0 aromatic heterocycles. The molecule has 0 bridgehead atoms. The number of nitrogens with one attached hydrogen (secondary N) is 1. The first-order chi connectivity index (χ1) is 7.74. The molecule has 2 fully saturated rings. The van der Waals surface area contributed by atoms with Crippen LogP contribution < -0.4 is 5.32 Å². The van der Waals surface area contributed by atoms with Crippen molar-refractivity contribution in [1.29, 1.82) is 0 Å². The van der Waals surface area contributed by atoms with Crippen LogP contribution in [0.2, 0.25) is 0 Å². The highest BCUT2D eigenvalue weighted by Gasteiger charge is 2.21. The molecule has 16 heavy (non-hydrogen) atoms. The largest absolute Gasteiger partial charge is 0.309 e. The number of rotatable bonds is 3. The van der Waals surface area contributed by atoms with Crippen LogP contribution in [-0.4, -0.2) is 61.2 Å². The summed E-state index contributed by atoms with van der Waals surface area (Å²) in [5.41, 5.74) is 0. The summed E-state index contributed by atoms with van der Waals surface area (Å²) in [6.07, 6.45) is 4.26. The van der Waals surface area contributed by atoms with E-state index in [1.165, 1.54) is 58.5 Å². The molecular weight excluding hydrogens is 198 g/mol. The SMILES string of the molecule is CC1CN(CCN2CCCCC2)CC(C)N1. The van der Waals surface area contributed by atoms with Gasteiger partial charge in [-0.15, -0.1) is 0 Å². The molecule has 0 aromatic rings. The van der Waals surface area contributed by atoms with Gasteiger partial charge in [0.25, 0.3) is 0 Å². The van der Waals surface area contributed by atoms with E-state index in [1.54, 1.807) is 0 Å². The first-order valence-corrected chi connectivity index (χ1v) is 6.95. The van der Waals surface area contributed by atoms with Crippen molar-refractivity contribution in [3.05, 3.63) is 0 Å². The summed E-state index contributed by atoms with van der Waals surface area (Å²) in [5.74, 6) is 0. The Hall–Kier alpha value is -0.120. The Morgan fingerprint density at radius 1 is 0.875 bits per heavy atom. The second-order valence-electron chi connectivity index (χ2n) is 5.63. The zero-order valence-electron chi connectivity index (χ0n) is 10.9. The minimum atomic E-state index is 0.658. The number of piperazine rings is 1. The Labute approximate surface area is 100 Å². The molecule has 94 valence electrons. The van der Waals surface area contributed by atoms with Crippen LogP contribution in [0.4, 0.5) is 0 Å². The predicted molar refractivity (Wildman–Crippen MR) is 68.8 cm³/mol. The van der Waals surface area contributed by atoms with Crippen molar-refractivity contribution in [1.82, 2.24) is 15.1 Å². The van der Waals surface area contributed by atoms with Gasteiger partial charge in [0.05, 0.1) is 0 Å². The van der Waals surface area contributed by atoms with Gasteiger partial charge in [0, 0.05) is 38.3 Å². The lowest BCUT2D eigenvalue weighted by Crippen LogP contribution is -2.55. The smallest absolute Gasteiger partial charge is 0.0169 e. The molecule has 2 atom stereocenters. The monoisotopic (exact) mass is 225 g/mol. The molecule has 0 amide bonds. The van der Waals surface area contributed by atoms with Crippen molar-refractivity contribution in [2.45, 2.75) is 45.2 Å². The highest BCUT2D eigenvalue weighted by atomic mass is 15.2. The van der Waals surface area contributed by atoms with Gasteiger partial charge in [0.1, 0.15) is 0 Å². The van der Waals surface area contributed by atoms with E-state index in [2.05, 4.69) is 29.0 Å². The summed E-state index contributed by atoms with van der Waals surface area (Å²) in [7, 11) is 0. The van der Waals surface area contributed by atoms with Gasteiger partial charge in [-0.1, -0.05) is 6.42 Å². The molecule has 0 aromatic carbocycles. The van der Waals surface area contributed by atoms with Crippen molar-refractivity contribution < 1.29 is 0 Å². The summed E-state index contributed by atoms with van der Waals surface area (Å²) < 4.78 is 0. The summed E-state index contributed by atoms with van der Waals surface area (Å²) in [6, 6.07) is 1.32. The maximum Gasteiger partial charge on any atom is 0.0169 e. The third-order valence-corrected chi connectivity index (χ3v) is 3.81. The quantitative estimate of drug-likeness (QED) is 0.777. The molecule has 0 radical (unpaired) electrons. The van der Waals surface area contributed by atoms with E-state index < -0.39 is 0 Å². The molecule has 2 unspecified atom stereocenters. The fourth-order valence-corrected chi connectivity index (χ4v) is 3.09. The Bertz CT molecular complexity index is 191. The lowest BCUT2D eigenvalue weighted by atomic mass is 10.1. The molecule has 0 saturated carbocycles. The van der Waals surface area contributed by atoms with Crippen LogP contribution in [0.1, 0.15) is 33.1 Å². The molecule has 0 spiro atoms. The minimum Gasteiger partial charge on any atom is -0.309 e. The van der Waals surface area contributed by atoms with Gasteiger partial charge in [0.2, 0.25) is 0 Å². The molecule has 2 heterocycles. The zero-order valence-corrected chi connectivity index (χ0v) is 10.9. The van der Waals surface area contributed by atoms with Crippen LogP contribution in [0.15, 0.2) is 0 Å². The lowest BCUT2D eigenvalue weighted by Gasteiger charge is -2.37. The molecular formula is C13H27N3. The summed E-state index contributed by atoms with van der Waals surface area (Å²) in [6.45, 7) is 12.2. The van der Waals surface area contributed by atoms with Crippen molar-refractivity contribution in [3.8, 4) is 0 Å². The first-order valence-electron chi connectivity index (χ1n) is 6.95. The normalized spacial score (nSPS) is 34.1. The van der Waals surface area contributed by atoms with Gasteiger partial charge in [-0.3, -0.25) is 4.90 Å². The van der Waals surface area contributed by atoms with E-state index in [0.717, 1.165) is 0 Å². The highest BCUT2D eigenvalue weighted by Crippen LogP contribution is 2.09. The van der Waals surface area contributed by atoms with Crippen LogP contribution in [0.25, 0.3) is 0 Å². The second kappa shape index (κ2) is 5.99. The molecule has 3 nitrogen and oxygen atoms in total. The standard InChI is InChI=1S/C13H27N3/c1-12-10-16(11-13(2)14-12)9-8-15-6-4-3-5-7-15/h12-14H,3-11H2,1-2H3. The number of hydrogen-bond donors (Lipinski definition) is 1. The summed E-state index contributed by atoms with van der Waals surface area (Å²) in [5, 5.41) is 3.59. The zero-order chi connectivity index (χ0) is 11.4. The van der Waals surface area contributed by atoms with Crippen LogP contribution in [0, 0.1) is 0 Å². The van der Waals surface area contributed by atoms with E-state index in [1.807, 2.05) is 0 Å². The molecule has 1 N–H and O–H groups in total. The highest BCUT2D eigenvalue weighted by molar-refractivity contribution is 4.81. The average Bonchev–Trinajstić information content (AvgIpc) is 2.27. The first kappa shape index (κ1) is 12.3. The molecule has 2 saturated heterocycles. The van der Waals surface area contributed by atoms with Crippen LogP contribution in [-0.2, 0) is 0 Å². The number of piperidine rings is 1. The van der Waals surface area contributed by atoms with Crippen molar-refractivity contribution in [3.63, 3.8) is 0 Å². The van der Waals surface area contributed by atoms with Gasteiger partial charge >= 0.3 is 0 Å². The Kier molecular flexibility index (Phi) is 4.62. The predicted octanol–water partition coefficient (Wildman–Crippen LogP) is 1.15. The van der Waals surface area contributed by atoms with Crippen LogP contribution in [0.3, 0.4) is 0 Å². The molecule has 0 aliphatic carbocycles. The fourth-order valence-electron chi connectivity index (χ4n) is 3.09. The Morgan fingerprint density at radius 3 is 2.06 bits per heavy atom. The molecule has 3 heteroatoms. The van der Waals surface area contributed by atoms with Crippen molar-refractivity contribution in [2.75, 3.05) is 39.3 Å². The van der Waals surface area contributed by atoms with Gasteiger partial charge in [-0.05, 0) is 39.8 Å². The number of hydrogen-bond acceptors (Lipinski definition) is 3. The van der Waals surface area contributed by atoms with Gasteiger partial charge in [-0.2, -0.15) is 0 Å². The Balaban J connectivity index is 1.68. The van der Waals surface area contributed by atoms with E-state index >= 15 is 0 Å². The minimum absolute atomic E-state index is 0.658. The third kappa shape index (κ3) is 3.72. The number of likely N-dealkylation sites (tertiary alicyclic amines) is 1. The lowest BCUT2D eigenvalue weighted by molar-refractivity contribution is 0.139. The van der Waals surface area contributed by atoms with Crippen LogP contribution >= 0.6 is 0 Å². The van der Waals surface area contributed by atoms with Crippen LogP contribution in [0.5, 0.6) is 0 Å². The summed E-state index contributed by atoms with van der Waals surface area (Å²) in [4.78, 5) is 5.27. The van der Waals surface area contributed by atoms with E-state index in [-0.39, 0.29) is 0 Å². The molecule has 2 aliphatic rings. The maximum absolute atomic E-state index is 3.59. The van der Waals surface area contributed by atoms with Gasteiger partial charge < -0.3 is 10.2 Å². The van der Waals surface area contributed by atoms with Gasteiger partial charge in [0.15, 0.2) is 0 Å².